The maximum absolute atomic E-state index is 8.53. The van der Waals surface area contributed by atoms with Crippen molar-refractivity contribution in [2.24, 2.45) is 0 Å². The molecule has 0 atom stereocenters. The van der Waals surface area contributed by atoms with Crippen molar-refractivity contribution in [3.63, 3.8) is 0 Å². The lowest BCUT2D eigenvalue weighted by Crippen LogP contribution is -1.87. The molecule has 0 spiro atoms. The number of unbranched alkanes of at least 4 members (excludes halogenated alkanes) is 1. The first-order valence-electron chi connectivity index (χ1n) is 5.60. The van der Waals surface area contributed by atoms with Gasteiger partial charge < -0.3 is 10.2 Å². The van der Waals surface area contributed by atoms with Gasteiger partial charge in [-0.15, -0.1) is 0 Å². The van der Waals surface area contributed by atoms with Crippen molar-refractivity contribution < 1.29 is 10.2 Å². The van der Waals surface area contributed by atoms with E-state index in [0.717, 1.165) is 25.7 Å². The highest BCUT2D eigenvalue weighted by atomic mass is 16.3. The summed E-state index contributed by atoms with van der Waals surface area (Å²) >= 11 is 0. The molecule has 2 nitrogen and oxygen atoms in total. The number of rotatable bonds is 5. The number of benzene rings is 1. The zero-order chi connectivity index (χ0) is 11.4. The molecular weight excluding hydrogens is 188 g/mol. The van der Waals surface area contributed by atoms with Crippen LogP contribution in [0.3, 0.4) is 0 Å². The fourth-order valence-electron chi connectivity index (χ4n) is 1.09. The maximum Gasteiger partial charge on any atom is 0.0434 e. The van der Waals surface area contributed by atoms with Crippen molar-refractivity contribution in [1.29, 1.82) is 0 Å². The van der Waals surface area contributed by atoms with Gasteiger partial charge in [-0.05, 0) is 24.8 Å². The molecule has 0 aromatic heterocycles. The van der Waals surface area contributed by atoms with Crippen molar-refractivity contribution in [3.8, 4) is 0 Å². The Hall–Kier alpha value is -0.860. The normalized spacial score (nSPS) is 9.27. The lowest BCUT2D eigenvalue weighted by molar-refractivity contribution is 0.287. The summed E-state index contributed by atoms with van der Waals surface area (Å²) in [6, 6.07) is 10.2. The van der Waals surface area contributed by atoms with Crippen LogP contribution in [0.15, 0.2) is 30.3 Å². The first kappa shape index (κ1) is 14.1. The van der Waals surface area contributed by atoms with Gasteiger partial charge in [-0.3, -0.25) is 0 Å². The van der Waals surface area contributed by atoms with E-state index in [1.807, 2.05) is 18.2 Å². The zero-order valence-electron chi connectivity index (χ0n) is 9.52. The predicted octanol–water partition coefficient (Wildman–Crippen LogP) is 2.39. The quantitative estimate of drug-likeness (QED) is 0.783. The second kappa shape index (κ2) is 11.2. The van der Waals surface area contributed by atoms with Crippen LogP contribution >= 0.6 is 0 Å². The molecule has 0 unspecified atom stereocenters. The fraction of sp³-hybridized carbons (Fsp3) is 0.538. The molecule has 15 heavy (non-hydrogen) atoms. The average Bonchev–Trinajstić information content (AvgIpc) is 2.30. The second-order valence-corrected chi connectivity index (χ2v) is 3.39. The third kappa shape index (κ3) is 9.44. The molecule has 0 aliphatic carbocycles. The third-order valence-electron chi connectivity index (χ3n) is 1.98. The van der Waals surface area contributed by atoms with Gasteiger partial charge in [-0.25, -0.2) is 0 Å². The summed E-state index contributed by atoms with van der Waals surface area (Å²) < 4.78 is 0. The van der Waals surface area contributed by atoms with Gasteiger partial charge in [0.05, 0.1) is 0 Å². The number of aliphatic hydroxyl groups is 2. The molecule has 0 fully saturated rings. The number of hydrogen-bond donors (Lipinski definition) is 2. The van der Waals surface area contributed by atoms with Crippen LogP contribution in [0.25, 0.3) is 0 Å². The van der Waals surface area contributed by atoms with Gasteiger partial charge in [0.25, 0.3) is 0 Å². The van der Waals surface area contributed by atoms with E-state index in [0.29, 0.717) is 6.61 Å². The lowest BCUT2D eigenvalue weighted by Gasteiger charge is -1.96. The van der Waals surface area contributed by atoms with Crippen LogP contribution in [0.1, 0.15) is 31.7 Å². The summed E-state index contributed by atoms with van der Waals surface area (Å²) in [5, 5.41) is 16.6. The first-order chi connectivity index (χ1) is 7.35. The highest BCUT2D eigenvalue weighted by Gasteiger charge is 1.88. The number of aryl methyl sites for hydroxylation is 1. The van der Waals surface area contributed by atoms with Crippen molar-refractivity contribution in [1.82, 2.24) is 0 Å². The molecule has 86 valence electrons. The molecule has 2 heteroatoms. The van der Waals surface area contributed by atoms with Crippen LogP contribution in [0.2, 0.25) is 0 Å². The number of hydrogen-bond acceptors (Lipinski definition) is 2. The number of aliphatic hydroxyl groups excluding tert-OH is 2. The Morgan fingerprint density at radius 1 is 0.933 bits per heavy atom. The standard InChI is InChI=1S/C9H12O.C4H10O/c10-8-4-7-9-5-2-1-3-6-9;1-2-3-4-5/h1-3,5-6,10H,4,7-8H2;5H,2-4H2,1H3. The van der Waals surface area contributed by atoms with Gasteiger partial charge in [0.15, 0.2) is 0 Å². The van der Waals surface area contributed by atoms with Crippen molar-refractivity contribution in [2.45, 2.75) is 32.6 Å². The Morgan fingerprint density at radius 2 is 1.53 bits per heavy atom. The Morgan fingerprint density at radius 3 is 1.93 bits per heavy atom. The SMILES string of the molecule is CCCCO.OCCCc1ccccc1. The summed E-state index contributed by atoms with van der Waals surface area (Å²) in [6.07, 6.45) is 3.89. The monoisotopic (exact) mass is 210 g/mol. The predicted molar refractivity (Wildman–Crippen MR) is 63.8 cm³/mol. The molecule has 1 rings (SSSR count). The van der Waals surface area contributed by atoms with Gasteiger partial charge in [0.2, 0.25) is 0 Å². The Labute approximate surface area is 92.6 Å². The topological polar surface area (TPSA) is 40.5 Å². The Kier molecular flexibility index (Phi) is 10.6. The van der Waals surface area contributed by atoms with Gasteiger partial charge in [-0.2, -0.15) is 0 Å². The molecule has 1 aromatic carbocycles. The van der Waals surface area contributed by atoms with Gasteiger partial charge in [0.1, 0.15) is 0 Å². The highest BCUT2D eigenvalue weighted by Crippen LogP contribution is 2.00. The van der Waals surface area contributed by atoms with Crippen LogP contribution in [-0.2, 0) is 6.42 Å². The molecule has 0 aliphatic rings. The van der Waals surface area contributed by atoms with E-state index in [-0.39, 0.29) is 6.61 Å². The van der Waals surface area contributed by atoms with E-state index in [9.17, 15) is 0 Å². The Bertz CT molecular complexity index is 207. The summed E-state index contributed by atoms with van der Waals surface area (Å²) in [4.78, 5) is 0. The van der Waals surface area contributed by atoms with Crippen molar-refractivity contribution in [3.05, 3.63) is 35.9 Å². The fourth-order valence-corrected chi connectivity index (χ4v) is 1.09. The first-order valence-corrected chi connectivity index (χ1v) is 5.60. The van der Waals surface area contributed by atoms with Crippen LogP contribution in [0.4, 0.5) is 0 Å². The molecule has 0 bridgehead atoms. The van der Waals surface area contributed by atoms with Gasteiger partial charge in [-0.1, -0.05) is 43.7 Å². The molecule has 0 amide bonds. The van der Waals surface area contributed by atoms with E-state index in [2.05, 4.69) is 19.1 Å². The summed E-state index contributed by atoms with van der Waals surface area (Å²) in [5.41, 5.74) is 1.30. The highest BCUT2D eigenvalue weighted by molar-refractivity contribution is 5.14. The van der Waals surface area contributed by atoms with Crippen molar-refractivity contribution in [2.75, 3.05) is 13.2 Å². The maximum atomic E-state index is 8.53. The minimum absolute atomic E-state index is 0.287. The molecule has 0 aliphatic heterocycles. The molecular formula is C13H22O2. The van der Waals surface area contributed by atoms with Gasteiger partial charge >= 0.3 is 0 Å². The van der Waals surface area contributed by atoms with Crippen LogP contribution in [0, 0.1) is 0 Å². The van der Waals surface area contributed by atoms with E-state index >= 15 is 0 Å². The molecule has 1 aromatic rings. The minimum atomic E-state index is 0.287. The minimum Gasteiger partial charge on any atom is -0.396 e. The van der Waals surface area contributed by atoms with E-state index < -0.39 is 0 Å². The average molecular weight is 210 g/mol. The van der Waals surface area contributed by atoms with Crippen molar-refractivity contribution >= 4 is 0 Å². The van der Waals surface area contributed by atoms with Crippen LogP contribution in [0.5, 0.6) is 0 Å². The molecule has 0 saturated heterocycles. The van der Waals surface area contributed by atoms with E-state index in [1.54, 1.807) is 0 Å². The zero-order valence-corrected chi connectivity index (χ0v) is 9.52. The summed E-state index contributed by atoms with van der Waals surface area (Å²) in [6.45, 7) is 2.68. The third-order valence-corrected chi connectivity index (χ3v) is 1.98. The molecule has 0 heterocycles. The van der Waals surface area contributed by atoms with E-state index in [1.165, 1.54) is 5.56 Å². The van der Waals surface area contributed by atoms with Crippen LogP contribution in [-0.4, -0.2) is 23.4 Å². The lowest BCUT2D eigenvalue weighted by atomic mass is 10.1. The largest absolute Gasteiger partial charge is 0.396 e. The smallest absolute Gasteiger partial charge is 0.0434 e. The van der Waals surface area contributed by atoms with Crippen LogP contribution < -0.4 is 0 Å². The van der Waals surface area contributed by atoms with E-state index in [4.69, 9.17) is 10.2 Å². The van der Waals surface area contributed by atoms with Gasteiger partial charge in [0, 0.05) is 13.2 Å². The second-order valence-electron chi connectivity index (χ2n) is 3.39. The molecule has 0 saturated carbocycles. The molecule has 2 N–H and O–H groups in total. The molecule has 0 radical (unpaired) electrons. The summed E-state index contributed by atoms with van der Waals surface area (Å²) in [5.74, 6) is 0. The Balaban J connectivity index is 0.000000336. The summed E-state index contributed by atoms with van der Waals surface area (Å²) in [7, 11) is 0.